The van der Waals surface area contributed by atoms with Gasteiger partial charge in [-0.3, -0.25) is 4.39 Å². The number of aliphatic hydroxyl groups excluding tert-OH is 1. The molecule has 3 heteroatoms. The van der Waals surface area contributed by atoms with Crippen LogP contribution in [0.25, 0.3) is 0 Å². The van der Waals surface area contributed by atoms with Gasteiger partial charge in [-0.2, -0.15) is 0 Å². The molecule has 2 N–H and O–H groups in total. The van der Waals surface area contributed by atoms with Gasteiger partial charge in [0.2, 0.25) is 0 Å². The van der Waals surface area contributed by atoms with Crippen LogP contribution in [0.2, 0.25) is 0 Å². The molecule has 0 aliphatic carbocycles. The van der Waals surface area contributed by atoms with Gasteiger partial charge in [-0.1, -0.05) is 6.92 Å². The quantitative estimate of drug-likeness (QED) is 0.575. The molecule has 1 unspecified atom stereocenters. The molecule has 0 aliphatic rings. The number of nitrogens with one attached hydrogen (secondary N) is 1. The average molecular weight is 163 g/mol. The van der Waals surface area contributed by atoms with Gasteiger partial charge in [0.05, 0.1) is 13.3 Å². The largest absolute Gasteiger partial charge is 0.394 e. The first kappa shape index (κ1) is 10.8. The molecule has 0 aromatic carbocycles. The van der Waals surface area contributed by atoms with Crippen molar-refractivity contribution in [3.8, 4) is 0 Å². The summed E-state index contributed by atoms with van der Waals surface area (Å²) in [5.41, 5.74) is -0.227. The molecule has 68 valence electrons. The molecule has 0 amide bonds. The Morgan fingerprint density at radius 2 is 2.18 bits per heavy atom. The number of aliphatic hydroxyl groups is 1. The van der Waals surface area contributed by atoms with Crippen molar-refractivity contribution in [2.75, 3.05) is 19.8 Å². The second kappa shape index (κ2) is 5.49. The van der Waals surface area contributed by atoms with E-state index in [1.54, 1.807) is 0 Å². The molecule has 2 nitrogen and oxygen atoms in total. The van der Waals surface area contributed by atoms with Crippen molar-refractivity contribution >= 4 is 0 Å². The molecule has 0 rings (SSSR count). The molecule has 0 aromatic rings. The zero-order valence-electron chi connectivity index (χ0n) is 7.36. The van der Waals surface area contributed by atoms with Gasteiger partial charge in [0, 0.05) is 5.54 Å². The third-order valence-corrected chi connectivity index (χ3v) is 1.99. The first-order valence-corrected chi connectivity index (χ1v) is 4.10. The lowest BCUT2D eigenvalue weighted by atomic mass is 10.0. The number of halogens is 1. The first-order valence-electron chi connectivity index (χ1n) is 4.10. The SMILES string of the molecule is CCC(C)(CO)NCCCF. The van der Waals surface area contributed by atoms with Crippen molar-refractivity contribution in [1.82, 2.24) is 5.32 Å². The second-order valence-corrected chi connectivity index (χ2v) is 3.04. The van der Waals surface area contributed by atoms with Crippen LogP contribution < -0.4 is 5.32 Å². The number of rotatable bonds is 6. The summed E-state index contributed by atoms with van der Waals surface area (Å²) < 4.78 is 11.7. The van der Waals surface area contributed by atoms with Gasteiger partial charge < -0.3 is 10.4 Å². The summed E-state index contributed by atoms with van der Waals surface area (Å²) in [5, 5.41) is 12.0. The van der Waals surface area contributed by atoms with Gasteiger partial charge in [-0.15, -0.1) is 0 Å². The van der Waals surface area contributed by atoms with Crippen LogP contribution in [0.15, 0.2) is 0 Å². The predicted octanol–water partition coefficient (Wildman–Crippen LogP) is 1.10. The first-order chi connectivity index (χ1) is 5.18. The summed E-state index contributed by atoms with van der Waals surface area (Å²) in [6.07, 6.45) is 1.38. The smallest absolute Gasteiger partial charge is 0.0906 e. The van der Waals surface area contributed by atoms with E-state index in [0.717, 1.165) is 6.42 Å². The second-order valence-electron chi connectivity index (χ2n) is 3.04. The van der Waals surface area contributed by atoms with Crippen LogP contribution in [-0.2, 0) is 0 Å². The fourth-order valence-corrected chi connectivity index (χ4v) is 0.750. The van der Waals surface area contributed by atoms with E-state index >= 15 is 0 Å². The van der Waals surface area contributed by atoms with Crippen LogP contribution in [0.3, 0.4) is 0 Å². The van der Waals surface area contributed by atoms with E-state index < -0.39 is 0 Å². The Bertz CT molecular complexity index is 94.1. The van der Waals surface area contributed by atoms with E-state index in [1.165, 1.54) is 0 Å². The normalized spacial score (nSPS) is 16.4. The Balaban J connectivity index is 3.51. The Labute approximate surface area is 67.8 Å². The Morgan fingerprint density at radius 1 is 1.55 bits per heavy atom. The fraction of sp³-hybridized carbons (Fsp3) is 1.00. The van der Waals surface area contributed by atoms with Crippen molar-refractivity contribution in [2.45, 2.75) is 32.2 Å². The van der Waals surface area contributed by atoms with Gasteiger partial charge in [-0.25, -0.2) is 0 Å². The zero-order chi connectivity index (χ0) is 8.74. The maximum atomic E-state index is 11.7. The van der Waals surface area contributed by atoms with Crippen LogP contribution in [0.1, 0.15) is 26.7 Å². The van der Waals surface area contributed by atoms with E-state index in [-0.39, 0.29) is 18.8 Å². The lowest BCUT2D eigenvalue weighted by molar-refractivity contribution is 0.169. The molecule has 0 saturated carbocycles. The monoisotopic (exact) mass is 163 g/mol. The van der Waals surface area contributed by atoms with Crippen molar-refractivity contribution in [3.05, 3.63) is 0 Å². The summed E-state index contributed by atoms with van der Waals surface area (Å²) in [4.78, 5) is 0. The highest BCUT2D eigenvalue weighted by atomic mass is 19.1. The molecular formula is C8H18FNO. The Hall–Kier alpha value is -0.150. The standard InChI is InChI=1S/C8H18FNO/c1-3-8(2,7-11)10-6-4-5-9/h10-11H,3-7H2,1-2H3. The topological polar surface area (TPSA) is 32.3 Å². The highest BCUT2D eigenvalue weighted by Gasteiger charge is 2.18. The third-order valence-electron chi connectivity index (χ3n) is 1.99. The number of hydrogen-bond donors (Lipinski definition) is 2. The minimum atomic E-state index is -0.293. The highest BCUT2D eigenvalue weighted by Crippen LogP contribution is 2.06. The molecule has 1 atom stereocenters. The van der Waals surface area contributed by atoms with Crippen molar-refractivity contribution in [3.63, 3.8) is 0 Å². The van der Waals surface area contributed by atoms with E-state index in [0.29, 0.717) is 13.0 Å². The third kappa shape index (κ3) is 4.32. The Morgan fingerprint density at radius 3 is 2.55 bits per heavy atom. The van der Waals surface area contributed by atoms with Gasteiger partial charge in [0.1, 0.15) is 0 Å². The molecule has 0 fully saturated rings. The molecule has 0 spiro atoms. The van der Waals surface area contributed by atoms with Crippen LogP contribution in [0, 0.1) is 0 Å². The summed E-state index contributed by atoms with van der Waals surface area (Å²) in [6.45, 7) is 4.39. The van der Waals surface area contributed by atoms with E-state index in [4.69, 9.17) is 5.11 Å². The molecule has 0 heterocycles. The maximum Gasteiger partial charge on any atom is 0.0906 e. The van der Waals surface area contributed by atoms with Crippen molar-refractivity contribution in [2.24, 2.45) is 0 Å². The number of alkyl halides is 1. The van der Waals surface area contributed by atoms with Crippen LogP contribution in [-0.4, -0.2) is 30.5 Å². The summed E-state index contributed by atoms with van der Waals surface area (Å²) in [7, 11) is 0. The van der Waals surface area contributed by atoms with Crippen molar-refractivity contribution in [1.29, 1.82) is 0 Å². The highest BCUT2D eigenvalue weighted by molar-refractivity contribution is 4.79. The van der Waals surface area contributed by atoms with Crippen LogP contribution in [0.5, 0.6) is 0 Å². The number of hydrogen-bond acceptors (Lipinski definition) is 2. The van der Waals surface area contributed by atoms with Crippen LogP contribution in [0.4, 0.5) is 4.39 Å². The van der Waals surface area contributed by atoms with E-state index in [1.807, 2.05) is 13.8 Å². The summed E-state index contributed by atoms with van der Waals surface area (Å²) in [6, 6.07) is 0. The summed E-state index contributed by atoms with van der Waals surface area (Å²) >= 11 is 0. The fourth-order valence-electron chi connectivity index (χ4n) is 0.750. The van der Waals surface area contributed by atoms with E-state index in [2.05, 4.69) is 5.32 Å². The minimum absolute atomic E-state index is 0.107. The van der Waals surface area contributed by atoms with Gasteiger partial charge in [0.25, 0.3) is 0 Å². The van der Waals surface area contributed by atoms with Gasteiger partial charge in [0.15, 0.2) is 0 Å². The Kier molecular flexibility index (Phi) is 5.42. The van der Waals surface area contributed by atoms with E-state index in [9.17, 15) is 4.39 Å². The van der Waals surface area contributed by atoms with Gasteiger partial charge in [-0.05, 0) is 26.3 Å². The maximum absolute atomic E-state index is 11.7. The van der Waals surface area contributed by atoms with Crippen molar-refractivity contribution < 1.29 is 9.50 Å². The van der Waals surface area contributed by atoms with Crippen LogP contribution >= 0.6 is 0 Å². The van der Waals surface area contributed by atoms with Gasteiger partial charge >= 0.3 is 0 Å². The molecule has 0 saturated heterocycles. The zero-order valence-corrected chi connectivity index (χ0v) is 7.36. The average Bonchev–Trinajstić information content (AvgIpc) is 2.05. The molecule has 0 aromatic heterocycles. The summed E-state index contributed by atoms with van der Waals surface area (Å²) in [5.74, 6) is 0. The molecular weight excluding hydrogens is 145 g/mol. The minimum Gasteiger partial charge on any atom is -0.394 e. The lowest BCUT2D eigenvalue weighted by Crippen LogP contribution is -2.45. The predicted molar refractivity (Wildman–Crippen MR) is 44.4 cm³/mol. The molecule has 0 aliphatic heterocycles. The molecule has 11 heavy (non-hydrogen) atoms. The molecule has 0 bridgehead atoms. The lowest BCUT2D eigenvalue weighted by Gasteiger charge is -2.27. The molecule has 0 radical (unpaired) electrons.